The first-order valence-electron chi connectivity index (χ1n) is 11.1. The minimum Gasteiger partial charge on any atom is -0.390 e. The predicted molar refractivity (Wildman–Crippen MR) is 110 cm³/mol. The van der Waals surface area contributed by atoms with Crippen LogP contribution >= 0.6 is 0 Å². The summed E-state index contributed by atoms with van der Waals surface area (Å²) in [6.07, 6.45) is 9.78. The predicted octanol–water partition coefficient (Wildman–Crippen LogP) is 4.36. The van der Waals surface area contributed by atoms with Crippen molar-refractivity contribution >= 4 is 15.8 Å². The number of hydrogen-bond acceptors (Lipinski definition) is 5. The Morgan fingerprint density at radius 2 is 1.68 bits per heavy atom. The summed E-state index contributed by atoms with van der Waals surface area (Å²) < 4.78 is 27.5. The van der Waals surface area contributed by atoms with Crippen LogP contribution in [0.5, 0.6) is 0 Å². The molecular weight excluding hydrogens is 374 g/mol. The van der Waals surface area contributed by atoms with Crippen LogP contribution < -0.4 is 0 Å². The quantitative estimate of drug-likeness (QED) is 0.685. The summed E-state index contributed by atoms with van der Waals surface area (Å²) >= 11 is 0. The molecule has 1 N–H and O–H groups in total. The molecule has 0 saturated heterocycles. The van der Waals surface area contributed by atoms with E-state index in [2.05, 4.69) is 32.9 Å². The lowest BCUT2D eigenvalue weighted by molar-refractivity contribution is -0.145. The van der Waals surface area contributed by atoms with Gasteiger partial charge in [-0.25, -0.2) is 0 Å². The van der Waals surface area contributed by atoms with Crippen molar-refractivity contribution in [2.75, 3.05) is 6.26 Å². The highest BCUT2D eigenvalue weighted by atomic mass is 32.2. The van der Waals surface area contributed by atoms with E-state index in [1.165, 1.54) is 19.3 Å². The fourth-order valence-corrected chi connectivity index (χ4v) is 8.25. The zero-order valence-electron chi connectivity index (χ0n) is 18.1. The third-order valence-electron chi connectivity index (χ3n) is 9.84. The van der Waals surface area contributed by atoms with Crippen molar-refractivity contribution in [1.29, 1.82) is 0 Å². The lowest BCUT2D eigenvalue weighted by atomic mass is 9.43. The first-order valence-corrected chi connectivity index (χ1v) is 12.9. The molecule has 0 aromatic heterocycles. The largest absolute Gasteiger partial charge is 0.390 e. The first-order chi connectivity index (χ1) is 12.9. The van der Waals surface area contributed by atoms with Gasteiger partial charge in [0, 0.05) is 5.92 Å². The summed E-state index contributed by atoms with van der Waals surface area (Å²) in [5.41, 5.74) is 0.731. The summed E-state index contributed by atoms with van der Waals surface area (Å²) in [4.78, 5) is 0. The molecule has 0 amide bonds. The summed E-state index contributed by atoms with van der Waals surface area (Å²) in [5.74, 6) is 2.86. The molecule has 28 heavy (non-hydrogen) atoms. The van der Waals surface area contributed by atoms with Gasteiger partial charge < -0.3 is 5.11 Å². The maximum Gasteiger partial charge on any atom is 0.325 e. The lowest BCUT2D eigenvalue weighted by Gasteiger charge is -2.62. The molecular formula is C22H37NO4S. The molecule has 160 valence electrons. The Kier molecular flexibility index (Phi) is 4.75. The van der Waals surface area contributed by atoms with Crippen LogP contribution in [0.3, 0.4) is 0 Å². The summed E-state index contributed by atoms with van der Waals surface area (Å²) in [7, 11) is -3.55. The van der Waals surface area contributed by atoms with E-state index >= 15 is 0 Å². The molecule has 0 aliphatic heterocycles. The van der Waals surface area contributed by atoms with Crippen LogP contribution in [0.4, 0.5) is 0 Å². The van der Waals surface area contributed by atoms with Gasteiger partial charge in [0.05, 0.1) is 17.6 Å². The molecule has 6 heteroatoms. The van der Waals surface area contributed by atoms with E-state index < -0.39 is 15.7 Å². The topological polar surface area (TPSA) is 76.0 Å². The Balaban J connectivity index is 1.58. The molecule has 4 rings (SSSR count). The van der Waals surface area contributed by atoms with Crippen LogP contribution in [0.2, 0.25) is 0 Å². The van der Waals surface area contributed by atoms with E-state index in [9.17, 15) is 13.5 Å². The van der Waals surface area contributed by atoms with Crippen molar-refractivity contribution in [2.45, 2.75) is 84.7 Å². The second-order valence-electron chi connectivity index (χ2n) is 11.0. The van der Waals surface area contributed by atoms with Gasteiger partial charge in [-0.2, -0.15) is 8.42 Å². The van der Waals surface area contributed by atoms with Crippen molar-refractivity contribution in [1.82, 2.24) is 0 Å². The van der Waals surface area contributed by atoms with Gasteiger partial charge in [-0.3, -0.25) is 4.28 Å². The maximum atomic E-state index is 11.4. The van der Waals surface area contributed by atoms with Gasteiger partial charge in [0.2, 0.25) is 0 Å². The van der Waals surface area contributed by atoms with Crippen molar-refractivity contribution < 1.29 is 17.8 Å². The van der Waals surface area contributed by atoms with Gasteiger partial charge in [-0.05, 0) is 92.8 Å². The van der Waals surface area contributed by atoms with Crippen molar-refractivity contribution in [2.24, 2.45) is 45.6 Å². The van der Waals surface area contributed by atoms with Gasteiger partial charge in [0.15, 0.2) is 0 Å². The molecule has 5 nitrogen and oxygen atoms in total. The number of aliphatic hydroxyl groups is 1. The Morgan fingerprint density at radius 1 is 1.00 bits per heavy atom. The molecule has 0 radical (unpaired) electrons. The number of fused-ring (bicyclic) bond motifs is 5. The third-order valence-corrected chi connectivity index (χ3v) is 10.2. The summed E-state index contributed by atoms with van der Waals surface area (Å²) in [6.45, 7) is 9.09. The van der Waals surface area contributed by atoms with Crippen LogP contribution in [0.1, 0.15) is 79.1 Å². The molecule has 0 aromatic carbocycles. The Hall–Kier alpha value is -0.620. The highest BCUT2D eigenvalue weighted by Crippen LogP contribution is 2.68. The van der Waals surface area contributed by atoms with Gasteiger partial charge in [-0.1, -0.05) is 25.9 Å². The zero-order valence-corrected chi connectivity index (χ0v) is 18.9. The monoisotopic (exact) mass is 411 g/mol. The van der Waals surface area contributed by atoms with E-state index in [1.807, 2.05) is 0 Å². The van der Waals surface area contributed by atoms with Crippen molar-refractivity contribution in [3.8, 4) is 0 Å². The fourth-order valence-electron chi connectivity index (χ4n) is 8.02. The SMILES string of the molecule is CC1/C(=N/OS(C)(=O)=O)CC[C@@]2(C)C1CC[C@@H]1[C@H]2CC[C@@]2(C)[C@H]1CCC2(C)O. The van der Waals surface area contributed by atoms with E-state index in [-0.39, 0.29) is 16.7 Å². The minimum absolute atomic E-state index is 0.0631. The maximum absolute atomic E-state index is 11.4. The summed E-state index contributed by atoms with van der Waals surface area (Å²) in [6, 6.07) is 0. The van der Waals surface area contributed by atoms with Crippen LogP contribution in [-0.4, -0.2) is 31.1 Å². The number of hydrogen-bond donors (Lipinski definition) is 1. The van der Waals surface area contributed by atoms with E-state index in [1.54, 1.807) is 0 Å². The number of rotatable bonds is 2. The third kappa shape index (κ3) is 2.96. The van der Waals surface area contributed by atoms with E-state index in [0.29, 0.717) is 23.7 Å². The van der Waals surface area contributed by atoms with Crippen molar-refractivity contribution in [3.05, 3.63) is 0 Å². The lowest BCUT2D eigenvalue weighted by Crippen LogP contribution is -2.57. The molecule has 0 spiro atoms. The second kappa shape index (κ2) is 6.44. The average Bonchev–Trinajstić information content (AvgIpc) is 2.83. The number of oxime groups is 1. The van der Waals surface area contributed by atoms with Gasteiger partial charge in [0.25, 0.3) is 0 Å². The Morgan fingerprint density at radius 3 is 2.36 bits per heavy atom. The summed E-state index contributed by atoms with van der Waals surface area (Å²) in [5, 5.41) is 15.1. The number of nitrogens with zero attached hydrogens (tertiary/aromatic N) is 1. The average molecular weight is 412 g/mol. The Bertz CT molecular complexity index is 775. The van der Waals surface area contributed by atoms with Gasteiger partial charge in [0.1, 0.15) is 0 Å². The van der Waals surface area contributed by atoms with Crippen LogP contribution in [0.25, 0.3) is 0 Å². The second-order valence-corrected chi connectivity index (χ2v) is 12.5. The molecule has 4 saturated carbocycles. The van der Waals surface area contributed by atoms with E-state index in [4.69, 9.17) is 4.28 Å². The highest BCUT2D eigenvalue weighted by Gasteiger charge is 2.63. The first kappa shape index (κ1) is 20.6. The fraction of sp³-hybridized carbons (Fsp3) is 0.955. The molecule has 4 aliphatic rings. The Labute approximate surface area is 170 Å². The smallest absolute Gasteiger partial charge is 0.325 e. The zero-order chi connectivity index (χ0) is 20.5. The van der Waals surface area contributed by atoms with Crippen LogP contribution in [0.15, 0.2) is 5.16 Å². The standard InChI is InChI=1S/C22H37NO4S/c1-14-16-7-6-15-17(8-12-21(3)18(15)9-13-22(21,4)24)20(16,2)11-10-19(14)23-27-28(5,25)26/h14-18,24H,6-13H2,1-5H3/b23-19+/t14?,15-,16?,17-,18+,20+,21+,22?/m1/s1. The van der Waals surface area contributed by atoms with Crippen LogP contribution in [-0.2, 0) is 14.4 Å². The van der Waals surface area contributed by atoms with Gasteiger partial charge in [-0.15, -0.1) is 0 Å². The molecule has 0 bridgehead atoms. The minimum atomic E-state index is -3.55. The normalized spacial score (nSPS) is 52.6. The molecule has 4 fully saturated rings. The molecule has 3 unspecified atom stereocenters. The van der Waals surface area contributed by atoms with Crippen LogP contribution in [0, 0.1) is 40.4 Å². The highest BCUT2D eigenvalue weighted by molar-refractivity contribution is 7.85. The molecule has 0 heterocycles. The van der Waals surface area contributed by atoms with Crippen molar-refractivity contribution in [3.63, 3.8) is 0 Å². The molecule has 4 aliphatic carbocycles. The van der Waals surface area contributed by atoms with Gasteiger partial charge >= 0.3 is 10.1 Å². The molecule has 8 atom stereocenters. The van der Waals surface area contributed by atoms with E-state index in [0.717, 1.165) is 44.1 Å². The molecule has 0 aromatic rings.